The van der Waals surface area contributed by atoms with E-state index >= 15 is 0 Å². The minimum absolute atomic E-state index is 0.0950. The lowest BCUT2D eigenvalue weighted by Crippen LogP contribution is -2.46. The van der Waals surface area contributed by atoms with Crippen LogP contribution in [0.15, 0.2) is 62.7 Å². The molecule has 0 saturated heterocycles. The van der Waals surface area contributed by atoms with E-state index in [1.807, 2.05) is 18.2 Å². The molecule has 26 heavy (non-hydrogen) atoms. The lowest BCUT2D eigenvalue weighted by Gasteiger charge is -2.44. The van der Waals surface area contributed by atoms with Gasteiger partial charge in [-0.2, -0.15) is 0 Å². The van der Waals surface area contributed by atoms with Gasteiger partial charge in [0.25, 0.3) is 0 Å². The lowest BCUT2D eigenvalue weighted by atomic mass is 9.66. The van der Waals surface area contributed by atoms with Gasteiger partial charge in [-0.1, -0.05) is 38.1 Å². The standard InChI is InChI=1S/C22H22N2O2/c1-21(2)16-8-6-5-7-15(16)19(24-22(21,3)4)14-11-13-9-10-18(25)26-20(13)17(23)12-14/h5-12H,23H2,1-4H3. The van der Waals surface area contributed by atoms with Crippen molar-refractivity contribution in [3.63, 3.8) is 0 Å². The number of benzene rings is 2. The molecule has 0 saturated carbocycles. The quantitative estimate of drug-likeness (QED) is 0.528. The van der Waals surface area contributed by atoms with Crippen molar-refractivity contribution in [1.29, 1.82) is 0 Å². The topological polar surface area (TPSA) is 68.6 Å². The fraction of sp³-hybridized carbons (Fsp3) is 0.273. The molecule has 1 aliphatic heterocycles. The van der Waals surface area contributed by atoms with Gasteiger partial charge in [-0.3, -0.25) is 4.99 Å². The first-order chi connectivity index (χ1) is 12.2. The number of fused-ring (bicyclic) bond motifs is 2. The normalized spacial score (nSPS) is 17.6. The third-order valence-corrected chi connectivity index (χ3v) is 5.80. The van der Waals surface area contributed by atoms with Gasteiger partial charge in [-0.25, -0.2) is 4.79 Å². The van der Waals surface area contributed by atoms with Gasteiger partial charge in [-0.05, 0) is 37.6 Å². The smallest absolute Gasteiger partial charge is 0.336 e. The first-order valence-electron chi connectivity index (χ1n) is 8.74. The number of rotatable bonds is 1. The summed E-state index contributed by atoms with van der Waals surface area (Å²) in [6, 6.07) is 15.4. The van der Waals surface area contributed by atoms with Crippen LogP contribution in [-0.2, 0) is 5.41 Å². The molecule has 0 unspecified atom stereocenters. The molecule has 1 aliphatic rings. The van der Waals surface area contributed by atoms with Crippen LogP contribution in [0.1, 0.15) is 44.4 Å². The Morgan fingerprint density at radius 1 is 1.00 bits per heavy atom. The molecule has 0 spiro atoms. The summed E-state index contributed by atoms with van der Waals surface area (Å²) >= 11 is 0. The Hall–Kier alpha value is -2.88. The number of nitrogen functional groups attached to an aromatic ring is 1. The van der Waals surface area contributed by atoms with E-state index in [9.17, 15) is 4.79 Å². The number of nitrogens with two attached hydrogens (primary N) is 1. The second-order valence-electron chi connectivity index (χ2n) is 7.93. The number of nitrogens with zero attached hydrogens (tertiary/aromatic N) is 1. The summed E-state index contributed by atoms with van der Waals surface area (Å²) in [5, 5.41) is 0.794. The fourth-order valence-electron chi connectivity index (χ4n) is 3.61. The average molecular weight is 346 g/mol. The summed E-state index contributed by atoms with van der Waals surface area (Å²) in [6.07, 6.45) is 0. The molecule has 2 heterocycles. The van der Waals surface area contributed by atoms with E-state index in [2.05, 4.69) is 45.9 Å². The number of anilines is 1. The molecule has 0 fully saturated rings. The molecule has 4 nitrogen and oxygen atoms in total. The zero-order valence-corrected chi connectivity index (χ0v) is 15.5. The molecular weight excluding hydrogens is 324 g/mol. The highest BCUT2D eigenvalue weighted by atomic mass is 16.4. The molecule has 0 amide bonds. The predicted octanol–water partition coefficient (Wildman–Crippen LogP) is 4.28. The first-order valence-corrected chi connectivity index (χ1v) is 8.74. The highest BCUT2D eigenvalue weighted by Gasteiger charge is 2.43. The monoisotopic (exact) mass is 346 g/mol. The van der Waals surface area contributed by atoms with Gasteiger partial charge in [0.15, 0.2) is 5.58 Å². The van der Waals surface area contributed by atoms with Crippen LogP contribution in [0.25, 0.3) is 11.0 Å². The average Bonchev–Trinajstić information content (AvgIpc) is 2.59. The Kier molecular flexibility index (Phi) is 3.38. The summed E-state index contributed by atoms with van der Waals surface area (Å²) in [7, 11) is 0. The van der Waals surface area contributed by atoms with Crippen LogP contribution in [-0.4, -0.2) is 11.3 Å². The molecule has 0 radical (unpaired) electrons. The molecule has 3 aromatic rings. The molecule has 2 N–H and O–H groups in total. The van der Waals surface area contributed by atoms with Gasteiger partial charge in [-0.15, -0.1) is 0 Å². The second-order valence-corrected chi connectivity index (χ2v) is 7.93. The van der Waals surface area contributed by atoms with Crippen LogP contribution in [0, 0.1) is 0 Å². The van der Waals surface area contributed by atoms with Gasteiger partial charge >= 0.3 is 5.63 Å². The summed E-state index contributed by atoms with van der Waals surface area (Å²) in [5.74, 6) is 0. The van der Waals surface area contributed by atoms with Crippen molar-refractivity contribution in [2.45, 2.75) is 38.6 Å². The van der Waals surface area contributed by atoms with Crippen molar-refractivity contribution in [3.8, 4) is 0 Å². The summed E-state index contributed by atoms with van der Waals surface area (Å²) in [4.78, 5) is 16.6. The Labute approximate surface area is 152 Å². The van der Waals surface area contributed by atoms with Crippen molar-refractivity contribution in [3.05, 3.63) is 75.6 Å². The van der Waals surface area contributed by atoms with Crippen LogP contribution in [0.4, 0.5) is 5.69 Å². The maximum absolute atomic E-state index is 11.5. The van der Waals surface area contributed by atoms with Crippen molar-refractivity contribution in [2.75, 3.05) is 5.73 Å². The van der Waals surface area contributed by atoms with Crippen LogP contribution in [0.3, 0.4) is 0 Å². The van der Waals surface area contributed by atoms with Crippen molar-refractivity contribution in [2.24, 2.45) is 4.99 Å². The number of hydrogen-bond acceptors (Lipinski definition) is 4. The van der Waals surface area contributed by atoms with Crippen molar-refractivity contribution in [1.82, 2.24) is 0 Å². The van der Waals surface area contributed by atoms with Gasteiger partial charge in [0.1, 0.15) is 0 Å². The highest BCUT2D eigenvalue weighted by Crippen LogP contribution is 2.44. The Morgan fingerprint density at radius 2 is 1.73 bits per heavy atom. The van der Waals surface area contributed by atoms with E-state index in [0.717, 1.165) is 22.2 Å². The van der Waals surface area contributed by atoms with E-state index in [0.29, 0.717) is 11.3 Å². The summed E-state index contributed by atoms with van der Waals surface area (Å²) in [6.45, 7) is 8.78. The maximum Gasteiger partial charge on any atom is 0.336 e. The molecule has 1 aromatic heterocycles. The molecule has 0 bridgehead atoms. The van der Waals surface area contributed by atoms with Crippen LogP contribution in [0.5, 0.6) is 0 Å². The molecule has 2 aromatic carbocycles. The van der Waals surface area contributed by atoms with Gasteiger partial charge in [0.2, 0.25) is 0 Å². The van der Waals surface area contributed by atoms with Crippen LogP contribution < -0.4 is 11.4 Å². The molecule has 0 atom stereocenters. The van der Waals surface area contributed by atoms with E-state index < -0.39 is 5.63 Å². The van der Waals surface area contributed by atoms with Crippen molar-refractivity contribution < 1.29 is 4.42 Å². The van der Waals surface area contributed by atoms with Gasteiger partial charge in [0, 0.05) is 28.0 Å². The minimum atomic E-state index is -0.403. The van der Waals surface area contributed by atoms with Crippen LogP contribution in [0.2, 0.25) is 0 Å². The Morgan fingerprint density at radius 3 is 2.50 bits per heavy atom. The second kappa shape index (κ2) is 5.31. The molecule has 132 valence electrons. The lowest BCUT2D eigenvalue weighted by molar-refractivity contribution is 0.303. The zero-order chi connectivity index (χ0) is 18.7. The summed E-state index contributed by atoms with van der Waals surface area (Å²) < 4.78 is 5.26. The largest absolute Gasteiger partial charge is 0.421 e. The van der Waals surface area contributed by atoms with E-state index in [1.165, 1.54) is 11.6 Å². The molecule has 0 aliphatic carbocycles. The molecule has 4 rings (SSSR count). The predicted molar refractivity (Wildman–Crippen MR) is 106 cm³/mol. The fourth-order valence-corrected chi connectivity index (χ4v) is 3.61. The van der Waals surface area contributed by atoms with Gasteiger partial charge < -0.3 is 10.2 Å². The van der Waals surface area contributed by atoms with E-state index in [-0.39, 0.29) is 11.0 Å². The Bertz CT molecular complexity index is 1120. The van der Waals surface area contributed by atoms with Gasteiger partial charge in [0.05, 0.1) is 16.9 Å². The third-order valence-electron chi connectivity index (χ3n) is 5.80. The minimum Gasteiger partial charge on any atom is -0.421 e. The third kappa shape index (κ3) is 2.29. The molecular formula is C22H22N2O2. The van der Waals surface area contributed by atoms with E-state index in [4.69, 9.17) is 15.1 Å². The zero-order valence-electron chi connectivity index (χ0n) is 15.5. The van der Waals surface area contributed by atoms with Crippen LogP contribution >= 0.6 is 0 Å². The SMILES string of the molecule is CC1(C)N=C(c2cc(N)c3oc(=O)ccc3c2)c2ccccc2C1(C)C. The highest BCUT2D eigenvalue weighted by molar-refractivity contribution is 6.16. The Balaban J connectivity index is 2.01. The maximum atomic E-state index is 11.5. The van der Waals surface area contributed by atoms with E-state index in [1.54, 1.807) is 6.07 Å². The molecule has 4 heteroatoms. The summed E-state index contributed by atoms with van der Waals surface area (Å²) in [5.41, 5.74) is 10.5. The number of hydrogen-bond donors (Lipinski definition) is 1. The van der Waals surface area contributed by atoms with Crippen molar-refractivity contribution >= 4 is 22.4 Å². The number of aliphatic imine (C=N–C) groups is 1. The first kappa shape index (κ1) is 16.6.